The molecule has 9 heteroatoms. The summed E-state index contributed by atoms with van der Waals surface area (Å²) in [6.45, 7) is 13.7. The van der Waals surface area contributed by atoms with Crippen LogP contribution in [0.2, 0.25) is 32.7 Å². The third kappa shape index (κ3) is 4.70. The first kappa shape index (κ1) is 17.4. The summed E-state index contributed by atoms with van der Waals surface area (Å²) in [7, 11) is -8.74. The van der Waals surface area contributed by atoms with E-state index >= 15 is 0 Å². The highest BCUT2D eigenvalue weighted by atomic mass is 28.5. The van der Waals surface area contributed by atoms with Gasteiger partial charge in [-0.1, -0.05) is 13.8 Å². The summed E-state index contributed by atoms with van der Waals surface area (Å²) < 4.78 is 24.0. The second kappa shape index (κ2) is 6.43. The molecule has 0 amide bonds. The summed E-state index contributed by atoms with van der Waals surface area (Å²) in [5, 5.41) is 0.127. The number of hydrogen-bond acceptors (Lipinski definition) is 5. The summed E-state index contributed by atoms with van der Waals surface area (Å²) in [4.78, 5) is 12.5. The first-order valence-corrected chi connectivity index (χ1v) is 16.2. The normalized spacial score (nSPS) is 37.2. The van der Waals surface area contributed by atoms with Gasteiger partial charge in [-0.25, -0.2) is 0 Å². The molecule has 1 fully saturated rings. The minimum absolute atomic E-state index is 0.0243. The molecule has 0 radical (unpaired) electrons. The van der Waals surface area contributed by atoms with Crippen LogP contribution in [0.3, 0.4) is 0 Å². The number of rotatable bonds is 3. The van der Waals surface area contributed by atoms with E-state index in [0.717, 1.165) is 6.42 Å². The summed E-state index contributed by atoms with van der Waals surface area (Å²) in [6, 6.07) is 0. The van der Waals surface area contributed by atoms with E-state index < -0.39 is 35.7 Å². The van der Waals surface area contributed by atoms with Gasteiger partial charge in [0.1, 0.15) is 0 Å². The van der Waals surface area contributed by atoms with Crippen molar-refractivity contribution in [3.8, 4) is 0 Å². The van der Waals surface area contributed by atoms with Gasteiger partial charge in [0.05, 0.1) is 0 Å². The van der Waals surface area contributed by atoms with Crippen molar-refractivity contribution in [3.63, 3.8) is 0 Å². The summed E-state index contributed by atoms with van der Waals surface area (Å²) in [5.74, 6) is -0.0243. The molecule has 0 spiro atoms. The Bertz CT molecular complexity index is 322. The standard InChI is InChI=1S/C10H26O5Si4/c1-8-9(2)10(11)19(7)14-16(3)12-18(5,6)13-17(4)15-19/h9,16-17H,8H2,1-7H3. The van der Waals surface area contributed by atoms with Gasteiger partial charge in [-0.15, -0.1) is 0 Å². The van der Waals surface area contributed by atoms with E-state index in [1.165, 1.54) is 0 Å². The molecule has 3 atom stereocenters. The Morgan fingerprint density at radius 1 is 1.05 bits per heavy atom. The molecule has 1 rings (SSSR count). The van der Waals surface area contributed by atoms with Crippen LogP contribution in [-0.4, -0.2) is 41.1 Å². The Morgan fingerprint density at radius 2 is 1.47 bits per heavy atom. The topological polar surface area (TPSA) is 54.0 Å². The zero-order chi connectivity index (χ0) is 14.8. The highest BCUT2D eigenvalue weighted by molar-refractivity contribution is 7.02. The number of carbonyl (C=O) groups is 1. The largest absolute Gasteiger partial charge is 0.418 e. The lowest BCUT2D eigenvalue weighted by Gasteiger charge is -2.40. The van der Waals surface area contributed by atoms with Gasteiger partial charge in [-0.3, -0.25) is 4.79 Å². The van der Waals surface area contributed by atoms with Crippen molar-refractivity contribution >= 4 is 41.1 Å². The molecule has 1 saturated heterocycles. The first-order valence-electron chi connectivity index (χ1n) is 6.85. The van der Waals surface area contributed by atoms with Crippen molar-refractivity contribution < 1.29 is 21.3 Å². The lowest BCUT2D eigenvalue weighted by molar-refractivity contribution is -0.118. The van der Waals surface area contributed by atoms with E-state index in [2.05, 4.69) is 0 Å². The zero-order valence-corrected chi connectivity index (χ0v) is 17.3. The van der Waals surface area contributed by atoms with Gasteiger partial charge in [0.25, 0.3) is 0 Å². The molecule has 1 aliphatic heterocycles. The predicted molar refractivity (Wildman–Crippen MR) is 83.9 cm³/mol. The third-order valence-electron chi connectivity index (χ3n) is 3.19. The fourth-order valence-corrected chi connectivity index (χ4v) is 18.5. The fraction of sp³-hybridized carbons (Fsp3) is 0.900. The molecule has 1 aliphatic rings. The molecule has 3 unspecified atom stereocenters. The average molecular weight is 339 g/mol. The van der Waals surface area contributed by atoms with Gasteiger partial charge in [0.15, 0.2) is 5.41 Å². The SMILES string of the molecule is CCC(C)C(=O)[Si]1(C)O[SiH](C)O[Si](C)(C)O[SiH](C)O1. The molecule has 0 N–H and O–H groups in total. The second-order valence-corrected chi connectivity index (χ2v) is 16.9. The monoisotopic (exact) mass is 338 g/mol. The minimum atomic E-state index is -2.84. The Hall–Kier alpha value is 0.378. The van der Waals surface area contributed by atoms with Crippen molar-refractivity contribution in [3.05, 3.63) is 0 Å². The van der Waals surface area contributed by atoms with Crippen molar-refractivity contribution in [2.24, 2.45) is 5.92 Å². The quantitative estimate of drug-likeness (QED) is 0.733. The molecule has 1 heterocycles. The molecule has 0 aromatic carbocycles. The molecular formula is C10H26O5Si4. The lowest BCUT2D eigenvalue weighted by atomic mass is 10.1. The van der Waals surface area contributed by atoms with Crippen molar-refractivity contribution in [1.82, 2.24) is 0 Å². The van der Waals surface area contributed by atoms with Crippen LogP contribution in [0.4, 0.5) is 0 Å². The van der Waals surface area contributed by atoms with Crippen molar-refractivity contribution in [2.75, 3.05) is 0 Å². The molecule has 19 heavy (non-hydrogen) atoms. The third-order valence-corrected chi connectivity index (χ3v) is 18.0. The first-order chi connectivity index (χ1) is 8.59. The summed E-state index contributed by atoms with van der Waals surface area (Å²) >= 11 is 0. The maximum absolute atomic E-state index is 12.5. The van der Waals surface area contributed by atoms with Gasteiger partial charge in [0.2, 0.25) is 0 Å². The maximum Gasteiger partial charge on any atom is 0.389 e. The van der Waals surface area contributed by atoms with Gasteiger partial charge < -0.3 is 16.5 Å². The fourth-order valence-electron chi connectivity index (χ4n) is 2.29. The molecule has 0 saturated carbocycles. The Balaban J connectivity index is 2.92. The molecule has 0 bridgehead atoms. The van der Waals surface area contributed by atoms with E-state index in [4.69, 9.17) is 16.5 Å². The second-order valence-electron chi connectivity index (χ2n) is 5.63. The molecule has 0 aliphatic carbocycles. The smallest absolute Gasteiger partial charge is 0.389 e. The number of carbonyl (C=O) groups excluding carboxylic acids is 1. The Morgan fingerprint density at radius 3 is 1.84 bits per heavy atom. The summed E-state index contributed by atoms with van der Waals surface area (Å²) in [5.41, 5.74) is 0. The van der Waals surface area contributed by atoms with Gasteiger partial charge in [-0.2, -0.15) is 0 Å². The van der Waals surface area contributed by atoms with Crippen LogP contribution in [-0.2, 0) is 21.3 Å². The molecular weight excluding hydrogens is 312 g/mol. The van der Waals surface area contributed by atoms with Crippen LogP contribution in [0.1, 0.15) is 20.3 Å². The lowest BCUT2D eigenvalue weighted by Crippen LogP contribution is -2.61. The van der Waals surface area contributed by atoms with Crippen LogP contribution in [0.5, 0.6) is 0 Å². The minimum Gasteiger partial charge on any atom is -0.418 e. The maximum atomic E-state index is 12.5. The van der Waals surface area contributed by atoms with Crippen LogP contribution >= 0.6 is 0 Å². The Kier molecular flexibility index (Phi) is 5.90. The van der Waals surface area contributed by atoms with Crippen LogP contribution < -0.4 is 0 Å². The van der Waals surface area contributed by atoms with Gasteiger partial charge >= 0.3 is 35.7 Å². The molecule has 0 aromatic heterocycles. The average Bonchev–Trinajstić information content (AvgIpc) is 2.22. The van der Waals surface area contributed by atoms with Crippen molar-refractivity contribution in [1.29, 1.82) is 0 Å². The zero-order valence-electron chi connectivity index (χ0n) is 13.0. The Labute approximate surface area is 121 Å². The van der Waals surface area contributed by atoms with Crippen LogP contribution in [0.15, 0.2) is 0 Å². The van der Waals surface area contributed by atoms with E-state index in [0.29, 0.717) is 0 Å². The molecule has 0 aromatic rings. The van der Waals surface area contributed by atoms with Gasteiger partial charge in [0, 0.05) is 5.92 Å². The van der Waals surface area contributed by atoms with E-state index in [-0.39, 0.29) is 11.3 Å². The van der Waals surface area contributed by atoms with Crippen LogP contribution in [0, 0.1) is 5.92 Å². The van der Waals surface area contributed by atoms with Crippen molar-refractivity contribution in [2.45, 2.75) is 53.0 Å². The van der Waals surface area contributed by atoms with Gasteiger partial charge in [-0.05, 0) is 39.2 Å². The molecule has 5 nitrogen and oxygen atoms in total. The summed E-state index contributed by atoms with van der Waals surface area (Å²) in [6.07, 6.45) is 0.808. The highest BCUT2D eigenvalue weighted by Crippen LogP contribution is 2.24. The van der Waals surface area contributed by atoms with Crippen LogP contribution in [0.25, 0.3) is 0 Å². The number of hydrogen-bond donors (Lipinski definition) is 0. The van der Waals surface area contributed by atoms with E-state index in [1.54, 1.807) is 0 Å². The van der Waals surface area contributed by atoms with E-state index in [1.807, 2.05) is 46.6 Å². The molecule has 112 valence electrons. The highest BCUT2D eigenvalue weighted by Gasteiger charge is 2.49. The predicted octanol–water partition coefficient (Wildman–Crippen LogP) is 1.70. The van der Waals surface area contributed by atoms with E-state index in [9.17, 15) is 4.79 Å².